The Bertz CT molecular complexity index is 320. The SMILES string of the molecule is O=C(O)C(O)C1(c2csnn2)CC1. The van der Waals surface area contributed by atoms with Crippen LogP contribution >= 0.6 is 11.5 Å². The lowest BCUT2D eigenvalue weighted by atomic mass is 9.96. The molecular weight excluding hydrogens is 192 g/mol. The molecule has 0 aliphatic heterocycles. The molecule has 2 N–H and O–H groups in total. The van der Waals surface area contributed by atoms with Crippen LogP contribution in [0.1, 0.15) is 18.5 Å². The van der Waals surface area contributed by atoms with Crippen molar-refractivity contribution in [2.24, 2.45) is 0 Å². The Balaban J connectivity index is 2.27. The van der Waals surface area contributed by atoms with Crippen molar-refractivity contribution in [1.82, 2.24) is 9.59 Å². The molecule has 0 radical (unpaired) electrons. The lowest BCUT2D eigenvalue weighted by Crippen LogP contribution is -2.34. The lowest BCUT2D eigenvalue weighted by Gasteiger charge is -2.14. The second-order valence-corrected chi connectivity index (χ2v) is 3.80. The first-order valence-electron chi connectivity index (χ1n) is 3.85. The number of hydrogen-bond acceptors (Lipinski definition) is 5. The minimum atomic E-state index is -1.35. The third-order valence-corrected chi connectivity index (χ3v) is 2.92. The molecule has 1 aliphatic carbocycles. The van der Waals surface area contributed by atoms with Crippen LogP contribution in [-0.2, 0) is 10.2 Å². The zero-order valence-corrected chi connectivity index (χ0v) is 7.49. The molecule has 1 aromatic heterocycles. The summed E-state index contributed by atoms with van der Waals surface area (Å²) in [6.45, 7) is 0. The molecule has 13 heavy (non-hydrogen) atoms. The van der Waals surface area contributed by atoms with Crippen molar-refractivity contribution in [2.45, 2.75) is 24.4 Å². The van der Waals surface area contributed by atoms with Gasteiger partial charge in [-0.25, -0.2) is 4.79 Å². The number of carboxylic acid groups (broad SMARTS) is 1. The molecule has 1 aliphatic rings. The summed E-state index contributed by atoms with van der Waals surface area (Å²) in [6.07, 6.45) is -0.00556. The number of nitrogens with zero attached hydrogens (tertiary/aromatic N) is 2. The molecule has 1 saturated carbocycles. The number of carbonyl (C=O) groups is 1. The predicted molar refractivity (Wildman–Crippen MR) is 44.5 cm³/mol. The van der Waals surface area contributed by atoms with Crippen molar-refractivity contribution in [3.8, 4) is 0 Å². The third kappa shape index (κ3) is 1.22. The summed E-state index contributed by atoms with van der Waals surface area (Å²) >= 11 is 1.17. The van der Waals surface area contributed by atoms with Gasteiger partial charge in [-0.1, -0.05) is 4.49 Å². The molecule has 0 aromatic carbocycles. The highest BCUT2D eigenvalue weighted by molar-refractivity contribution is 7.03. The minimum absolute atomic E-state index is 0.604. The third-order valence-electron chi connectivity index (χ3n) is 2.42. The topological polar surface area (TPSA) is 83.3 Å². The van der Waals surface area contributed by atoms with Gasteiger partial charge in [0.1, 0.15) is 0 Å². The molecule has 1 atom stereocenters. The van der Waals surface area contributed by atoms with Crippen molar-refractivity contribution in [2.75, 3.05) is 0 Å². The van der Waals surface area contributed by atoms with Gasteiger partial charge in [-0.3, -0.25) is 0 Å². The second kappa shape index (κ2) is 2.74. The van der Waals surface area contributed by atoms with Gasteiger partial charge in [0.25, 0.3) is 0 Å². The van der Waals surface area contributed by atoms with Gasteiger partial charge in [-0.05, 0) is 24.4 Å². The predicted octanol–water partition coefficient (Wildman–Crippen LogP) is 0.0152. The van der Waals surface area contributed by atoms with E-state index in [1.54, 1.807) is 5.38 Å². The van der Waals surface area contributed by atoms with Crippen LogP contribution < -0.4 is 0 Å². The smallest absolute Gasteiger partial charge is 0.333 e. The van der Waals surface area contributed by atoms with Crippen LogP contribution in [0.25, 0.3) is 0 Å². The number of carboxylic acids is 1. The molecule has 0 amide bonds. The van der Waals surface area contributed by atoms with Gasteiger partial charge in [0.15, 0.2) is 6.10 Å². The van der Waals surface area contributed by atoms with E-state index in [4.69, 9.17) is 5.11 Å². The molecule has 1 heterocycles. The van der Waals surface area contributed by atoms with E-state index in [0.717, 1.165) is 0 Å². The Labute approximate surface area is 78.2 Å². The molecule has 6 heteroatoms. The summed E-state index contributed by atoms with van der Waals surface area (Å²) in [6, 6.07) is 0. The van der Waals surface area contributed by atoms with Gasteiger partial charge < -0.3 is 10.2 Å². The van der Waals surface area contributed by atoms with Crippen LogP contribution in [0.4, 0.5) is 0 Å². The molecule has 0 bridgehead atoms. The summed E-state index contributed by atoms with van der Waals surface area (Å²) in [4.78, 5) is 10.6. The van der Waals surface area contributed by atoms with E-state index in [1.165, 1.54) is 11.5 Å². The highest BCUT2D eigenvalue weighted by Gasteiger charge is 2.55. The zero-order valence-electron chi connectivity index (χ0n) is 6.67. The lowest BCUT2D eigenvalue weighted by molar-refractivity contribution is -0.148. The molecule has 2 rings (SSSR count). The van der Waals surface area contributed by atoms with E-state index >= 15 is 0 Å². The Morgan fingerprint density at radius 3 is 2.77 bits per heavy atom. The summed E-state index contributed by atoms with van der Waals surface area (Å²) in [5, 5.41) is 23.6. The number of hydrogen-bond donors (Lipinski definition) is 2. The monoisotopic (exact) mass is 200 g/mol. The van der Waals surface area contributed by atoms with E-state index in [0.29, 0.717) is 18.5 Å². The van der Waals surface area contributed by atoms with Gasteiger partial charge in [0.2, 0.25) is 0 Å². The van der Waals surface area contributed by atoms with Crippen molar-refractivity contribution in [3.63, 3.8) is 0 Å². The first-order chi connectivity index (χ1) is 6.17. The number of aromatic nitrogens is 2. The van der Waals surface area contributed by atoms with Crippen molar-refractivity contribution in [3.05, 3.63) is 11.1 Å². The molecule has 0 saturated heterocycles. The van der Waals surface area contributed by atoms with Crippen LogP contribution in [0.2, 0.25) is 0 Å². The Kier molecular flexibility index (Phi) is 1.81. The van der Waals surface area contributed by atoms with Gasteiger partial charge in [0.05, 0.1) is 11.1 Å². The van der Waals surface area contributed by atoms with Crippen LogP contribution in [0.15, 0.2) is 5.38 Å². The molecule has 70 valence electrons. The minimum Gasteiger partial charge on any atom is -0.479 e. The fourth-order valence-corrected chi connectivity index (χ4v) is 1.99. The van der Waals surface area contributed by atoms with Crippen LogP contribution in [0.3, 0.4) is 0 Å². The summed E-state index contributed by atoms with van der Waals surface area (Å²) in [5.74, 6) is -1.19. The fraction of sp³-hybridized carbons (Fsp3) is 0.571. The van der Waals surface area contributed by atoms with Gasteiger partial charge in [-0.15, -0.1) is 5.10 Å². The Morgan fingerprint density at radius 2 is 2.38 bits per heavy atom. The average molecular weight is 200 g/mol. The maximum atomic E-state index is 10.6. The fourth-order valence-electron chi connectivity index (χ4n) is 1.42. The van der Waals surface area contributed by atoms with Gasteiger partial charge in [-0.2, -0.15) is 0 Å². The maximum absolute atomic E-state index is 10.6. The molecular formula is C7H8N2O3S. The van der Waals surface area contributed by atoms with Crippen molar-refractivity contribution >= 4 is 17.5 Å². The number of aliphatic hydroxyl groups excluding tert-OH is 1. The molecule has 1 fully saturated rings. The van der Waals surface area contributed by atoms with Crippen molar-refractivity contribution < 1.29 is 15.0 Å². The molecule has 0 spiro atoms. The highest BCUT2D eigenvalue weighted by atomic mass is 32.1. The van der Waals surface area contributed by atoms with E-state index in [-0.39, 0.29) is 0 Å². The summed E-state index contributed by atoms with van der Waals surface area (Å²) in [5.41, 5.74) is -0.0499. The van der Waals surface area contributed by atoms with Crippen LogP contribution in [0.5, 0.6) is 0 Å². The first kappa shape index (κ1) is 8.58. The van der Waals surface area contributed by atoms with Gasteiger partial charge in [0, 0.05) is 5.38 Å². The number of rotatable bonds is 3. The number of aliphatic hydroxyl groups is 1. The molecule has 1 aromatic rings. The highest BCUT2D eigenvalue weighted by Crippen LogP contribution is 2.50. The van der Waals surface area contributed by atoms with E-state index < -0.39 is 17.5 Å². The zero-order chi connectivity index (χ0) is 9.47. The maximum Gasteiger partial charge on any atom is 0.333 e. The quantitative estimate of drug-likeness (QED) is 0.718. The average Bonchev–Trinajstić information content (AvgIpc) is 2.72. The Hall–Kier alpha value is -1.01. The number of aliphatic carboxylic acids is 1. The summed E-state index contributed by atoms with van der Waals surface area (Å²) in [7, 11) is 0. The van der Waals surface area contributed by atoms with E-state index in [1.807, 2.05) is 0 Å². The summed E-state index contributed by atoms with van der Waals surface area (Å²) < 4.78 is 3.66. The normalized spacial score (nSPS) is 21.0. The van der Waals surface area contributed by atoms with Gasteiger partial charge >= 0.3 is 5.97 Å². The first-order valence-corrected chi connectivity index (χ1v) is 4.69. The van der Waals surface area contributed by atoms with E-state index in [2.05, 4.69) is 9.59 Å². The molecule has 1 unspecified atom stereocenters. The van der Waals surface area contributed by atoms with E-state index in [9.17, 15) is 9.90 Å². The Morgan fingerprint density at radius 1 is 1.69 bits per heavy atom. The van der Waals surface area contributed by atoms with Crippen LogP contribution in [-0.4, -0.2) is 31.9 Å². The molecule has 5 nitrogen and oxygen atoms in total. The standard InChI is InChI=1S/C7H8N2O3S/c10-5(6(11)12)7(1-2-7)4-3-13-9-8-4/h3,5,10H,1-2H2,(H,11,12). The largest absolute Gasteiger partial charge is 0.479 e. The van der Waals surface area contributed by atoms with Crippen LogP contribution in [0, 0.1) is 0 Å². The second-order valence-electron chi connectivity index (χ2n) is 3.19. The van der Waals surface area contributed by atoms with Crippen molar-refractivity contribution in [1.29, 1.82) is 0 Å².